The van der Waals surface area contributed by atoms with Crippen molar-refractivity contribution in [2.75, 3.05) is 5.32 Å². The number of amides is 1. The second-order valence-corrected chi connectivity index (χ2v) is 5.69. The zero-order valence-electron chi connectivity index (χ0n) is 12.2. The Kier molecular flexibility index (Phi) is 6.00. The van der Waals surface area contributed by atoms with Crippen molar-refractivity contribution in [3.05, 3.63) is 70.7 Å². The van der Waals surface area contributed by atoms with Crippen LogP contribution in [0.1, 0.15) is 12.0 Å². The van der Waals surface area contributed by atoms with Crippen LogP contribution in [0.3, 0.4) is 0 Å². The van der Waals surface area contributed by atoms with Gasteiger partial charge in [-0.05, 0) is 35.9 Å². The highest BCUT2D eigenvalue weighted by Gasteiger charge is 2.16. The van der Waals surface area contributed by atoms with Gasteiger partial charge in [-0.1, -0.05) is 52.3 Å². The van der Waals surface area contributed by atoms with Crippen molar-refractivity contribution in [1.82, 2.24) is 0 Å². The third-order valence-electron chi connectivity index (χ3n) is 2.95. The van der Waals surface area contributed by atoms with E-state index in [-0.39, 0.29) is 0 Å². The van der Waals surface area contributed by atoms with Gasteiger partial charge < -0.3 is 5.32 Å². The van der Waals surface area contributed by atoms with E-state index in [1.165, 1.54) is 6.08 Å². The summed E-state index contributed by atoms with van der Waals surface area (Å²) in [5, 5.41) is 2.46. The Hall–Kier alpha value is -2.53. The van der Waals surface area contributed by atoms with Crippen molar-refractivity contribution in [2.24, 2.45) is 0 Å². The molecule has 2 aromatic carbocycles. The van der Waals surface area contributed by atoms with Gasteiger partial charge in [-0.2, -0.15) is 0 Å². The summed E-state index contributed by atoms with van der Waals surface area (Å²) in [6, 6.07) is 16.1. The first-order valence-corrected chi connectivity index (χ1v) is 7.69. The van der Waals surface area contributed by atoms with E-state index in [1.807, 2.05) is 30.3 Å². The summed E-state index contributed by atoms with van der Waals surface area (Å²) in [5.74, 6) is -1.98. The number of nitrogens with one attached hydrogen (secondary N) is 1. The van der Waals surface area contributed by atoms with Crippen LogP contribution < -0.4 is 5.32 Å². The van der Waals surface area contributed by atoms with E-state index in [4.69, 9.17) is 0 Å². The predicted molar refractivity (Wildman–Crippen MR) is 92.9 cm³/mol. The number of hydrogen-bond acceptors (Lipinski definition) is 3. The number of hydrogen-bond donors (Lipinski definition) is 1. The maximum atomic E-state index is 11.8. The Labute approximate surface area is 142 Å². The summed E-state index contributed by atoms with van der Waals surface area (Å²) in [6.07, 6.45) is 2.47. The third kappa shape index (κ3) is 5.64. The summed E-state index contributed by atoms with van der Waals surface area (Å²) >= 11 is 3.28. The molecule has 0 heterocycles. The maximum absolute atomic E-state index is 11.8. The summed E-state index contributed by atoms with van der Waals surface area (Å²) in [5.41, 5.74) is 1.35. The van der Waals surface area contributed by atoms with Crippen LogP contribution in [-0.4, -0.2) is 17.5 Å². The normalized spacial score (nSPS) is 10.5. The van der Waals surface area contributed by atoms with E-state index in [0.717, 1.165) is 10.0 Å². The van der Waals surface area contributed by atoms with Crippen LogP contribution in [0.5, 0.6) is 0 Å². The quantitative estimate of drug-likeness (QED) is 0.479. The number of rotatable bonds is 6. The summed E-state index contributed by atoms with van der Waals surface area (Å²) in [7, 11) is 0. The van der Waals surface area contributed by atoms with Gasteiger partial charge in [0.1, 0.15) is 0 Å². The van der Waals surface area contributed by atoms with E-state index in [0.29, 0.717) is 5.69 Å². The molecule has 1 N–H and O–H groups in total. The Bertz CT molecular complexity index is 737. The molecule has 5 heteroatoms. The van der Waals surface area contributed by atoms with Crippen LogP contribution in [0.15, 0.2) is 65.1 Å². The molecule has 2 aromatic rings. The van der Waals surface area contributed by atoms with Crippen LogP contribution in [0.2, 0.25) is 0 Å². The van der Waals surface area contributed by atoms with E-state index in [9.17, 15) is 14.4 Å². The highest BCUT2D eigenvalue weighted by molar-refractivity contribution is 9.10. The minimum absolute atomic E-state index is 0.412. The van der Waals surface area contributed by atoms with Gasteiger partial charge >= 0.3 is 0 Å². The van der Waals surface area contributed by atoms with Gasteiger partial charge in [0.25, 0.3) is 5.91 Å². The molecule has 0 fully saturated rings. The van der Waals surface area contributed by atoms with Gasteiger partial charge in [-0.25, -0.2) is 0 Å². The summed E-state index contributed by atoms with van der Waals surface area (Å²) < 4.78 is 0.864. The lowest BCUT2D eigenvalue weighted by Gasteiger charge is -2.03. The lowest BCUT2D eigenvalue weighted by molar-refractivity contribution is -0.136. The number of allylic oxidation sites excluding steroid dienone is 1. The molecule has 0 unspecified atom stereocenters. The first kappa shape index (κ1) is 16.8. The van der Waals surface area contributed by atoms with Gasteiger partial charge in [0.2, 0.25) is 5.78 Å². The molecule has 0 aliphatic rings. The molecule has 0 atom stereocenters. The van der Waals surface area contributed by atoms with Crippen LogP contribution >= 0.6 is 15.9 Å². The van der Waals surface area contributed by atoms with E-state index < -0.39 is 23.9 Å². The predicted octanol–water partition coefficient (Wildman–Crippen LogP) is 3.63. The van der Waals surface area contributed by atoms with Crippen molar-refractivity contribution in [3.8, 4) is 0 Å². The van der Waals surface area contributed by atoms with Crippen LogP contribution in [-0.2, 0) is 14.4 Å². The second kappa shape index (κ2) is 8.19. The molecule has 0 spiro atoms. The molecule has 116 valence electrons. The molecule has 23 heavy (non-hydrogen) atoms. The molecule has 4 nitrogen and oxygen atoms in total. The van der Waals surface area contributed by atoms with Crippen molar-refractivity contribution < 1.29 is 14.4 Å². The number of carbonyl (C=O) groups excluding carboxylic acids is 3. The molecular weight excluding hydrogens is 358 g/mol. The average Bonchev–Trinajstić information content (AvgIpc) is 2.56. The zero-order chi connectivity index (χ0) is 16.7. The number of ketones is 2. The van der Waals surface area contributed by atoms with Gasteiger partial charge in [0.15, 0.2) is 5.78 Å². The number of halogens is 1. The molecule has 0 saturated carbocycles. The minimum Gasteiger partial charge on any atom is -0.319 e. The zero-order valence-corrected chi connectivity index (χ0v) is 13.7. The molecule has 0 aromatic heterocycles. The number of carbonyl (C=O) groups is 3. The molecule has 2 rings (SSSR count). The molecule has 0 bridgehead atoms. The summed E-state index contributed by atoms with van der Waals surface area (Å²) in [6.45, 7) is 0. The van der Waals surface area contributed by atoms with Crippen molar-refractivity contribution in [1.29, 1.82) is 0 Å². The number of Topliss-reactive ketones (excluding diaryl/α,β-unsaturated/α-hetero) is 1. The molecule has 1 amide bonds. The molecule has 0 aliphatic carbocycles. The molecule has 0 radical (unpaired) electrons. The largest absolute Gasteiger partial charge is 0.319 e. The smallest absolute Gasteiger partial charge is 0.292 e. The fourth-order valence-corrected chi connectivity index (χ4v) is 2.05. The fourth-order valence-electron chi connectivity index (χ4n) is 1.78. The Morgan fingerprint density at radius 2 is 1.61 bits per heavy atom. The second-order valence-electron chi connectivity index (χ2n) is 4.77. The first-order valence-electron chi connectivity index (χ1n) is 6.90. The molecular formula is C18H14BrNO3. The average molecular weight is 372 g/mol. The Morgan fingerprint density at radius 1 is 0.957 bits per heavy atom. The first-order chi connectivity index (χ1) is 11.0. The fraction of sp³-hybridized carbons (Fsp3) is 0.0556. The SMILES string of the molecule is O=C(/C=C/c1ccccc1)CC(=O)C(=O)Nc1ccc(Br)cc1. The van der Waals surface area contributed by atoms with Crippen LogP contribution in [0.25, 0.3) is 6.08 Å². The standard InChI is InChI=1S/C18H14BrNO3/c19-14-7-9-15(10-8-14)20-18(23)17(22)12-16(21)11-6-13-4-2-1-3-5-13/h1-11H,12H2,(H,20,23)/b11-6+. The number of benzene rings is 2. The lowest BCUT2D eigenvalue weighted by Crippen LogP contribution is -2.24. The minimum atomic E-state index is -0.797. The lowest BCUT2D eigenvalue weighted by atomic mass is 10.1. The number of anilines is 1. The molecule has 0 saturated heterocycles. The van der Waals surface area contributed by atoms with Gasteiger partial charge in [-0.3, -0.25) is 14.4 Å². The van der Waals surface area contributed by atoms with Crippen LogP contribution in [0, 0.1) is 0 Å². The Balaban J connectivity index is 1.88. The third-order valence-corrected chi connectivity index (χ3v) is 3.48. The highest BCUT2D eigenvalue weighted by atomic mass is 79.9. The van der Waals surface area contributed by atoms with E-state index >= 15 is 0 Å². The monoisotopic (exact) mass is 371 g/mol. The van der Waals surface area contributed by atoms with Crippen molar-refractivity contribution >= 4 is 45.2 Å². The van der Waals surface area contributed by atoms with Crippen molar-refractivity contribution in [3.63, 3.8) is 0 Å². The van der Waals surface area contributed by atoms with Gasteiger partial charge in [-0.15, -0.1) is 0 Å². The topological polar surface area (TPSA) is 63.2 Å². The van der Waals surface area contributed by atoms with Gasteiger partial charge in [0.05, 0.1) is 6.42 Å². The molecule has 0 aliphatic heterocycles. The van der Waals surface area contributed by atoms with Crippen LogP contribution in [0.4, 0.5) is 5.69 Å². The summed E-state index contributed by atoms with van der Waals surface area (Å²) in [4.78, 5) is 35.3. The highest BCUT2D eigenvalue weighted by Crippen LogP contribution is 2.14. The maximum Gasteiger partial charge on any atom is 0.292 e. The van der Waals surface area contributed by atoms with E-state index in [2.05, 4.69) is 21.2 Å². The Morgan fingerprint density at radius 3 is 2.26 bits per heavy atom. The van der Waals surface area contributed by atoms with E-state index in [1.54, 1.807) is 30.3 Å². The van der Waals surface area contributed by atoms with Crippen molar-refractivity contribution in [2.45, 2.75) is 6.42 Å². The van der Waals surface area contributed by atoms with Gasteiger partial charge in [0, 0.05) is 10.2 Å².